The molecule has 1 heterocycles. The fraction of sp³-hybridized carbons (Fsp3) is 0.632. The van der Waals surface area contributed by atoms with Crippen molar-refractivity contribution in [3.05, 3.63) is 29.8 Å². The summed E-state index contributed by atoms with van der Waals surface area (Å²) < 4.78 is 0. The summed E-state index contributed by atoms with van der Waals surface area (Å²) in [7, 11) is 5.95. The molecule has 1 aromatic rings. The van der Waals surface area contributed by atoms with E-state index in [2.05, 4.69) is 84.6 Å². The Kier molecular flexibility index (Phi) is 8.99. The molecule has 2 rings (SSSR count). The molecule has 1 aromatic carbocycles. The lowest BCUT2D eigenvalue weighted by Gasteiger charge is -2.22. The standard InChI is InChI=1S/C19H33N5.HI/c1-14(2)24-12-15(3)18(13-24)22-19(20-4)21-11-16-7-9-17(10-8-16)23(5)6;/h7-10,14-15,18H,11-13H2,1-6H3,(H2,20,21,22);1H. The molecule has 0 radical (unpaired) electrons. The summed E-state index contributed by atoms with van der Waals surface area (Å²) in [6.07, 6.45) is 0. The summed E-state index contributed by atoms with van der Waals surface area (Å²) in [6.45, 7) is 9.85. The molecule has 142 valence electrons. The minimum Gasteiger partial charge on any atom is -0.378 e. The first-order chi connectivity index (χ1) is 11.4. The van der Waals surface area contributed by atoms with Crippen molar-refractivity contribution in [3.63, 3.8) is 0 Å². The third kappa shape index (κ3) is 6.33. The number of halogens is 1. The maximum atomic E-state index is 4.38. The highest BCUT2D eigenvalue weighted by molar-refractivity contribution is 14.0. The van der Waals surface area contributed by atoms with Crippen LogP contribution in [-0.4, -0.2) is 57.2 Å². The third-order valence-corrected chi connectivity index (χ3v) is 4.83. The minimum absolute atomic E-state index is 0. The van der Waals surface area contributed by atoms with Crippen molar-refractivity contribution in [2.45, 2.75) is 39.4 Å². The summed E-state index contributed by atoms with van der Waals surface area (Å²) in [5.41, 5.74) is 2.47. The molecule has 1 fully saturated rings. The average molecular weight is 459 g/mol. The molecule has 1 saturated heterocycles. The van der Waals surface area contributed by atoms with E-state index in [4.69, 9.17) is 0 Å². The van der Waals surface area contributed by atoms with Crippen molar-refractivity contribution in [2.75, 3.05) is 39.1 Å². The summed E-state index contributed by atoms with van der Waals surface area (Å²) in [4.78, 5) is 9.02. The van der Waals surface area contributed by atoms with E-state index in [9.17, 15) is 0 Å². The molecule has 0 aliphatic carbocycles. The van der Waals surface area contributed by atoms with Gasteiger partial charge in [0.05, 0.1) is 0 Å². The summed E-state index contributed by atoms with van der Waals surface area (Å²) in [6, 6.07) is 9.67. The number of hydrogen-bond acceptors (Lipinski definition) is 3. The lowest BCUT2D eigenvalue weighted by molar-refractivity contribution is 0.265. The number of nitrogens with zero attached hydrogens (tertiary/aromatic N) is 3. The Balaban J connectivity index is 0.00000312. The average Bonchev–Trinajstić information content (AvgIpc) is 2.93. The van der Waals surface area contributed by atoms with Gasteiger partial charge in [-0.1, -0.05) is 19.1 Å². The van der Waals surface area contributed by atoms with Crippen LogP contribution < -0.4 is 15.5 Å². The zero-order valence-electron chi connectivity index (χ0n) is 16.4. The molecule has 0 amide bonds. The van der Waals surface area contributed by atoms with Crippen LogP contribution in [0.5, 0.6) is 0 Å². The second kappa shape index (κ2) is 10.2. The van der Waals surface area contributed by atoms with Crippen molar-refractivity contribution in [3.8, 4) is 0 Å². The fourth-order valence-electron chi connectivity index (χ4n) is 3.08. The van der Waals surface area contributed by atoms with Crippen molar-refractivity contribution >= 4 is 35.6 Å². The first kappa shape index (κ1) is 22.0. The maximum Gasteiger partial charge on any atom is 0.191 e. The highest BCUT2D eigenvalue weighted by Gasteiger charge is 2.31. The van der Waals surface area contributed by atoms with E-state index in [0.29, 0.717) is 18.0 Å². The van der Waals surface area contributed by atoms with Gasteiger partial charge in [0.15, 0.2) is 5.96 Å². The number of rotatable bonds is 5. The number of guanidine groups is 1. The molecule has 0 spiro atoms. The maximum absolute atomic E-state index is 4.38. The zero-order valence-corrected chi connectivity index (χ0v) is 18.7. The van der Waals surface area contributed by atoms with E-state index < -0.39 is 0 Å². The number of nitrogens with one attached hydrogen (secondary N) is 2. The lowest BCUT2D eigenvalue weighted by atomic mass is 10.1. The van der Waals surface area contributed by atoms with Crippen LogP contribution in [-0.2, 0) is 6.54 Å². The van der Waals surface area contributed by atoms with Crippen LogP contribution in [0.4, 0.5) is 5.69 Å². The van der Waals surface area contributed by atoms with Gasteiger partial charge in [-0.15, -0.1) is 24.0 Å². The topological polar surface area (TPSA) is 42.9 Å². The molecule has 0 saturated carbocycles. The van der Waals surface area contributed by atoms with Crippen LogP contribution in [0.25, 0.3) is 0 Å². The lowest BCUT2D eigenvalue weighted by Crippen LogP contribution is -2.46. The van der Waals surface area contributed by atoms with Gasteiger partial charge in [-0.25, -0.2) is 0 Å². The predicted octanol–water partition coefficient (Wildman–Crippen LogP) is 2.76. The van der Waals surface area contributed by atoms with Crippen molar-refractivity contribution < 1.29 is 0 Å². The van der Waals surface area contributed by atoms with E-state index in [0.717, 1.165) is 25.6 Å². The summed E-state index contributed by atoms with van der Waals surface area (Å²) in [5, 5.41) is 7.02. The molecule has 2 N–H and O–H groups in total. The Morgan fingerprint density at radius 3 is 2.36 bits per heavy atom. The van der Waals surface area contributed by atoms with E-state index in [-0.39, 0.29) is 24.0 Å². The van der Waals surface area contributed by atoms with E-state index in [1.807, 2.05) is 7.05 Å². The minimum atomic E-state index is 0. The quantitative estimate of drug-likeness (QED) is 0.404. The van der Waals surface area contributed by atoms with Crippen LogP contribution in [0.2, 0.25) is 0 Å². The number of hydrogen-bond donors (Lipinski definition) is 2. The third-order valence-electron chi connectivity index (χ3n) is 4.83. The normalized spacial score (nSPS) is 21.2. The second-order valence-electron chi connectivity index (χ2n) is 7.26. The molecular weight excluding hydrogens is 425 g/mol. The van der Waals surface area contributed by atoms with Gasteiger partial charge in [-0.3, -0.25) is 9.89 Å². The molecule has 1 aliphatic heterocycles. The Morgan fingerprint density at radius 1 is 1.24 bits per heavy atom. The molecular formula is C19H34IN5. The number of likely N-dealkylation sites (tertiary alicyclic amines) is 1. The van der Waals surface area contributed by atoms with Gasteiger partial charge in [0.25, 0.3) is 0 Å². The fourth-order valence-corrected chi connectivity index (χ4v) is 3.08. The van der Waals surface area contributed by atoms with Crippen LogP contribution in [0.1, 0.15) is 26.3 Å². The van der Waals surface area contributed by atoms with E-state index in [1.165, 1.54) is 11.3 Å². The second-order valence-corrected chi connectivity index (χ2v) is 7.26. The van der Waals surface area contributed by atoms with Gasteiger partial charge in [0.2, 0.25) is 0 Å². The monoisotopic (exact) mass is 459 g/mol. The SMILES string of the molecule is CN=C(NCc1ccc(N(C)C)cc1)NC1CN(C(C)C)CC1C.I. The number of anilines is 1. The Morgan fingerprint density at radius 2 is 1.88 bits per heavy atom. The molecule has 2 unspecified atom stereocenters. The van der Waals surface area contributed by atoms with Crippen LogP contribution in [0, 0.1) is 5.92 Å². The molecule has 5 nitrogen and oxygen atoms in total. The number of aliphatic imine (C=N–C) groups is 1. The molecule has 0 aromatic heterocycles. The van der Waals surface area contributed by atoms with Crippen molar-refractivity contribution in [1.82, 2.24) is 15.5 Å². The van der Waals surface area contributed by atoms with Crippen molar-refractivity contribution in [1.29, 1.82) is 0 Å². The Bertz CT molecular complexity index is 541. The first-order valence-corrected chi connectivity index (χ1v) is 8.88. The van der Waals surface area contributed by atoms with Gasteiger partial charge in [0, 0.05) is 58.5 Å². The van der Waals surface area contributed by atoms with Gasteiger partial charge in [0.1, 0.15) is 0 Å². The van der Waals surface area contributed by atoms with Gasteiger partial charge in [-0.2, -0.15) is 0 Å². The molecule has 1 aliphatic rings. The largest absolute Gasteiger partial charge is 0.378 e. The summed E-state index contributed by atoms with van der Waals surface area (Å²) in [5.74, 6) is 1.51. The Hall–Kier alpha value is -1.02. The van der Waals surface area contributed by atoms with Gasteiger partial charge < -0.3 is 15.5 Å². The van der Waals surface area contributed by atoms with Crippen LogP contribution >= 0.6 is 24.0 Å². The molecule has 25 heavy (non-hydrogen) atoms. The molecule has 6 heteroatoms. The molecule has 0 bridgehead atoms. The van der Waals surface area contributed by atoms with Crippen LogP contribution in [0.3, 0.4) is 0 Å². The van der Waals surface area contributed by atoms with E-state index in [1.54, 1.807) is 0 Å². The smallest absolute Gasteiger partial charge is 0.191 e. The first-order valence-electron chi connectivity index (χ1n) is 8.88. The molecule has 2 atom stereocenters. The van der Waals surface area contributed by atoms with Crippen LogP contribution in [0.15, 0.2) is 29.3 Å². The van der Waals surface area contributed by atoms with Crippen molar-refractivity contribution in [2.24, 2.45) is 10.9 Å². The highest BCUT2D eigenvalue weighted by Crippen LogP contribution is 2.18. The van der Waals surface area contributed by atoms with Gasteiger partial charge >= 0.3 is 0 Å². The summed E-state index contributed by atoms with van der Waals surface area (Å²) >= 11 is 0. The van der Waals surface area contributed by atoms with E-state index >= 15 is 0 Å². The predicted molar refractivity (Wildman–Crippen MR) is 119 cm³/mol. The zero-order chi connectivity index (χ0) is 17.7. The van der Waals surface area contributed by atoms with Gasteiger partial charge in [-0.05, 0) is 37.5 Å². The number of benzene rings is 1. The Labute approximate surface area is 170 Å². The highest BCUT2D eigenvalue weighted by atomic mass is 127.